The molecule has 8 heteroatoms. The number of primary amides is 1. The van der Waals surface area contributed by atoms with Crippen LogP contribution in [0.2, 0.25) is 0 Å². The van der Waals surface area contributed by atoms with E-state index in [-0.39, 0.29) is 18.9 Å². The van der Waals surface area contributed by atoms with Gasteiger partial charge in [-0.15, -0.1) is 0 Å². The van der Waals surface area contributed by atoms with Gasteiger partial charge in [-0.25, -0.2) is 4.79 Å². The van der Waals surface area contributed by atoms with E-state index in [9.17, 15) is 19.2 Å². The second-order valence-corrected chi connectivity index (χ2v) is 5.91. The van der Waals surface area contributed by atoms with Gasteiger partial charge in [0.2, 0.25) is 5.91 Å². The highest BCUT2D eigenvalue weighted by Crippen LogP contribution is 2.20. The second-order valence-electron chi connectivity index (χ2n) is 5.91. The molecule has 1 aromatic rings. The fourth-order valence-electron chi connectivity index (χ4n) is 2.60. The fraction of sp³-hybridized carbons (Fsp3) is 0.412. The molecule has 0 aromatic heterocycles. The van der Waals surface area contributed by atoms with Gasteiger partial charge in [0.15, 0.2) is 6.10 Å². The number of nitrogens with zero attached hydrogens (tertiary/aromatic N) is 1. The van der Waals surface area contributed by atoms with Crippen molar-refractivity contribution in [1.82, 2.24) is 10.2 Å². The normalized spacial score (nSPS) is 17.9. The molecule has 3 N–H and O–H groups in total. The van der Waals surface area contributed by atoms with E-state index in [1.165, 1.54) is 6.92 Å². The number of carbonyl (C=O) groups excluding carboxylic acids is 4. The number of imide groups is 1. The number of nitrogens with one attached hydrogen (secondary N) is 1. The lowest BCUT2D eigenvalue weighted by molar-refractivity contribution is -0.158. The highest BCUT2D eigenvalue weighted by Gasteiger charge is 2.36. The molecular weight excluding hydrogens is 326 g/mol. The highest BCUT2D eigenvalue weighted by molar-refractivity contribution is 5.96. The third kappa shape index (κ3) is 5.30. The van der Waals surface area contributed by atoms with Crippen molar-refractivity contribution in [3.05, 3.63) is 35.9 Å². The van der Waals surface area contributed by atoms with Gasteiger partial charge >= 0.3 is 12.0 Å². The molecule has 1 saturated heterocycles. The minimum Gasteiger partial charge on any atom is -0.452 e. The van der Waals surface area contributed by atoms with Crippen LogP contribution in [0, 0.1) is 5.92 Å². The van der Waals surface area contributed by atoms with E-state index in [1.807, 2.05) is 35.6 Å². The largest absolute Gasteiger partial charge is 0.452 e. The number of urea groups is 1. The average molecular weight is 347 g/mol. The molecule has 1 aromatic carbocycles. The summed E-state index contributed by atoms with van der Waals surface area (Å²) in [5, 5.41) is 1.84. The maximum atomic E-state index is 12.1. The monoisotopic (exact) mass is 347 g/mol. The van der Waals surface area contributed by atoms with E-state index in [0.717, 1.165) is 5.56 Å². The third-order valence-electron chi connectivity index (χ3n) is 3.97. The van der Waals surface area contributed by atoms with Gasteiger partial charge in [0.1, 0.15) is 0 Å². The van der Waals surface area contributed by atoms with Crippen LogP contribution >= 0.6 is 0 Å². The van der Waals surface area contributed by atoms with Crippen LogP contribution in [0.4, 0.5) is 4.79 Å². The topological polar surface area (TPSA) is 119 Å². The van der Waals surface area contributed by atoms with Crippen molar-refractivity contribution in [3.63, 3.8) is 0 Å². The predicted octanol–water partition coefficient (Wildman–Crippen LogP) is 0.204. The summed E-state index contributed by atoms with van der Waals surface area (Å²) in [6.07, 6.45) is -0.405. The first-order chi connectivity index (χ1) is 11.9. The lowest BCUT2D eigenvalue weighted by Gasteiger charge is -2.17. The van der Waals surface area contributed by atoms with Gasteiger partial charge < -0.3 is 15.4 Å². The average Bonchev–Trinajstić information content (AvgIpc) is 2.94. The summed E-state index contributed by atoms with van der Waals surface area (Å²) in [6.45, 7) is 2.11. The van der Waals surface area contributed by atoms with E-state index in [2.05, 4.69) is 0 Å². The molecule has 0 spiro atoms. The second kappa shape index (κ2) is 8.27. The molecule has 1 aliphatic heterocycles. The Morgan fingerprint density at radius 2 is 2.00 bits per heavy atom. The van der Waals surface area contributed by atoms with Gasteiger partial charge in [0.25, 0.3) is 5.91 Å². The summed E-state index contributed by atoms with van der Waals surface area (Å²) in [7, 11) is 0. The first kappa shape index (κ1) is 18.4. The Morgan fingerprint density at radius 1 is 1.32 bits per heavy atom. The zero-order valence-corrected chi connectivity index (χ0v) is 13.9. The standard InChI is InChI=1S/C17H21N3O5/c1-11(15(22)19-17(18)24)25-16(23)13-9-14(21)20(10-13)8-7-12-5-3-2-4-6-12/h2-6,11,13H,7-10H2,1H3,(H3,18,19,22,24)/t11-,13-/m0/s1. The Labute approximate surface area is 145 Å². The Morgan fingerprint density at radius 3 is 2.64 bits per heavy atom. The number of amides is 4. The van der Waals surface area contributed by atoms with E-state index >= 15 is 0 Å². The first-order valence-electron chi connectivity index (χ1n) is 7.99. The van der Waals surface area contributed by atoms with Gasteiger partial charge in [-0.05, 0) is 18.9 Å². The molecule has 0 saturated carbocycles. The Hall–Kier alpha value is -2.90. The van der Waals surface area contributed by atoms with Crippen molar-refractivity contribution in [2.24, 2.45) is 11.7 Å². The number of nitrogens with two attached hydrogens (primary N) is 1. The van der Waals surface area contributed by atoms with Gasteiger partial charge in [-0.3, -0.25) is 19.7 Å². The third-order valence-corrected chi connectivity index (χ3v) is 3.97. The molecule has 134 valence electrons. The molecule has 8 nitrogen and oxygen atoms in total. The van der Waals surface area contributed by atoms with Crippen molar-refractivity contribution in [1.29, 1.82) is 0 Å². The number of rotatable bonds is 6. The molecule has 25 heavy (non-hydrogen) atoms. The number of esters is 1. The number of benzene rings is 1. The molecule has 2 rings (SSSR count). The van der Waals surface area contributed by atoms with Crippen LogP contribution in [0.1, 0.15) is 18.9 Å². The van der Waals surface area contributed by atoms with Gasteiger partial charge in [0.05, 0.1) is 5.92 Å². The number of likely N-dealkylation sites (tertiary alicyclic amines) is 1. The summed E-state index contributed by atoms with van der Waals surface area (Å²) in [6, 6.07) is 8.72. The van der Waals surface area contributed by atoms with Gasteiger partial charge in [-0.2, -0.15) is 0 Å². The molecule has 0 aliphatic carbocycles. The molecule has 0 unspecified atom stereocenters. The molecule has 4 amide bonds. The minimum atomic E-state index is -1.16. The lowest BCUT2D eigenvalue weighted by Crippen LogP contribution is -2.42. The number of hydrogen-bond donors (Lipinski definition) is 2. The first-order valence-corrected chi connectivity index (χ1v) is 7.99. The van der Waals surface area contributed by atoms with Crippen molar-refractivity contribution in [3.8, 4) is 0 Å². The van der Waals surface area contributed by atoms with Crippen LogP contribution < -0.4 is 11.1 Å². The van der Waals surface area contributed by atoms with E-state index < -0.39 is 29.9 Å². The summed E-state index contributed by atoms with van der Waals surface area (Å²) >= 11 is 0. The lowest BCUT2D eigenvalue weighted by atomic mass is 10.1. The van der Waals surface area contributed by atoms with Crippen molar-refractivity contribution < 1.29 is 23.9 Å². The summed E-state index contributed by atoms with van der Waals surface area (Å²) in [4.78, 5) is 47.9. The van der Waals surface area contributed by atoms with Crippen LogP contribution in [0.3, 0.4) is 0 Å². The maximum absolute atomic E-state index is 12.1. The van der Waals surface area contributed by atoms with Crippen LogP contribution in [0.25, 0.3) is 0 Å². The maximum Gasteiger partial charge on any atom is 0.318 e. The van der Waals surface area contributed by atoms with Crippen LogP contribution in [-0.4, -0.2) is 47.9 Å². The SMILES string of the molecule is C[C@H](OC(=O)[C@H]1CC(=O)N(CCc2ccccc2)C1)C(=O)NC(N)=O. The number of hydrogen-bond acceptors (Lipinski definition) is 5. The summed E-state index contributed by atoms with van der Waals surface area (Å²) in [5.74, 6) is -2.17. The zero-order valence-electron chi connectivity index (χ0n) is 13.9. The van der Waals surface area contributed by atoms with E-state index in [4.69, 9.17) is 10.5 Å². The van der Waals surface area contributed by atoms with E-state index in [1.54, 1.807) is 4.90 Å². The number of ether oxygens (including phenoxy) is 1. The van der Waals surface area contributed by atoms with Gasteiger partial charge in [-0.1, -0.05) is 30.3 Å². The minimum absolute atomic E-state index is 0.0534. The van der Waals surface area contributed by atoms with Crippen molar-refractivity contribution in [2.75, 3.05) is 13.1 Å². The quantitative estimate of drug-likeness (QED) is 0.713. The highest BCUT2D eigenvalue weighted by atomic mass is 16.5. The molecular formula is C17H21N3O5. The Kier molecular flexibility index (Phi) is 6.10. The predicted molar refractivity (Wildman–Crippen MR) is 88.1 cm³/mol. The molecule has 2 atom stereocenters. The van der Waals surface area contributed by atoms with E-state index in [0.29, 0.717) is 13.0 Å². The molecule has 1 fully saturated rings. The Balaban J connectivity index is 1.83. The zero-order chi connectivity index (χ0) is 18.4. The van der Waals surface area contributed by atoms with Crippen LogP contribution in [0.15, 0.2) is 30.3 Å². The van der Waals surface area contributed by atoms with Crippen molar-refractivity contribution in [2.45, 2.75) is 25.9 Å². The molecule has 0 bridgehead atoms. The molecule has 1 heterocycles. The summed E-state index contributed by atoms with van der Waals surface area (Å²) in [5.41, 5.74) is 5.95. The van der Waals surface area contributed by atoms with Crippen molar-refractivity contribution >= 4 is 23.8 Å². The number of carbonyl (C=O) groups is 4. The van der Waals surface area contributed by atoms with Crippen LogP contribution in [0.5, 0.6) is 0 Å². The van der Waals surface area contributed by atoms with Crippen LogP contribution in [-0.2, 0) is 25.5 Å². The fourth-order valence-corrected chi connectivity index (χ4v) is 2.60. The molecule has 0 radical (unpaired) electrons. The Bertz CT molecular complexity index is 662. The van der Waals surface area contributed by atoms with Gasteiger partial charge in [0, 0.05) is 19.5 Å². The molecule has 1 aliphatic rings. The summed E-state index contributed by atoms with van der Waals surface area (Å²) < 4.78 is 5.02. The smallest absolute Gasteiger partial charge is 0.318 e.